The van der Waals surface area contributed by atoms with E-state index in [9.17, 15) is 39.5 Å². The molecule has 2 aromatic rings. The fourth-order valence-corrected chi connectivity index (χ4v) is 4.48. The van der Waals surface area contributed by atoms with Crippen molar-refractivity contribution in [2.24, 2.45) is 13.0 Å². The zero-order chi connectivity index (χ0) is 36.4. The molecule has 0 radical (unpaired) electrons. The maximum Gasteiger partial charge on any atom is 0.490 e. The first-order chi connectivity index (χ1) is 21.4. The van der Waals surface area contributed by atoms with Crippen molar-refractivity contribution in [2.75, 3.05) is 33.3 Å². The molecule has 1 spiro atoms. The molecule has 4 rings (SSSR count). The summed E-state index contributed by atoms with van der Waals surface area (Å²) in [5.74, 6) is -7.64. The molecule has 0 aliphatic carbocycles. The first-order valence-electron chi connectivity index (χ1n) is 13.2. The van der Waals surface area contributed by atoms with E-state index in [0.29, 0.717) is 18.1 Å². The molecule has 2 aromatic heterocycles. The van der Waals surface area contributed by atoms with Crippen LogP contribution in [-0.4, -0.2) is 115 Å². The van der Waals surface area contributed by atoms with Gasteiger partial charge < -0.3 is 20.1 Å². The standard InChI is InChI=1S/C20H29N5O.3C2HF3O2/c1-16-19(9-22-24(16)3)11-25-14-20(15-25)8-18(10-23(20)2)13-26-12-17-4-6-21-7-5-17;3*3-2(4,5)1(6)7/h4-7,9,18H,8,10-15H2,1-3H3;3*(H,6,7). The molecule has 47 heavy (non-hydrogen) atoms. The lowest BCUT2D eigenvalue weighted by Crippen LogP contribution is -2.66. The number of carboxylic acids is 3. The molecule has 0 bridgehead atoms. The van der Waals surface area contributed by atoms with Gasteiger partial charge in [-0.1, -0.05) is 0 Å². The number of pyridine rings is 1. The van der Waals surface area contributed by atoms with Gasteiger partial charge in [-0.25, -0.2) is 14.4 Å². The SMILES string of the molecule is Cc1c(CN2CC3(CC(COCc4ccncc4)CN3C)C2)cnn1C.O=C(O)C(F)(F)F.O=C(O)C(F)(F)F.O=C(O)C(F)(F)F. The van der Waals surface area contributed by atoms with Crippen molar-refractivity contribution in [2.45, 2.75) is 50.6 Å². The third kappa shape index (κ3) is 13.7. The van der Waals surface area contributed by atoms with Crippen LogP contribution in [0.1, 0.15) is 23.2 Å². The number of alkyl halides is 9. The third-order valence-electron chi connectivity index (χ3n) is 6.88. The van der Waals surface area contributed by atoms with E-state index >= 15 is 0 Å². The molecule has 1 unspecified atom stereocenters. The van der Waals surface area contributed by atoms with E-state index in [0.717, 1.165) is 32.8 Å². The van der Waals surface area contributed by atoms with Crippen molar-refractivity contribution in [3.8, 4) is 0 Å². The predicted molar refractivity (Wildman–Crippen MR) is 142 cm³/mol. The molecule has 3 N–H and O–H groups in total. The summed E-state index contributed by atoms with van der Waals surface area (Å²) in [6.07, 6.45) is -8.36. The average Bonchev–Trinajstić information content (AvgIpc) is 3.42. The van der Waals surface area contributed by atoms with Gasteiger partial charge in [0.25, 0.3) is 0 Å². The van der Waals surface area contributed by atoms with Gasteiger partial charge in [0.15, 0.2) is 0 Å². The van der Waals surface area contributed by atoms with E-state index < -0.39 is 36.4 Å². The Balaban J connectivity index is 0.000000430. The Kier molecular flexibility index (Phi) is 14.6. The zero-order valence-corrected chi connectivity index (χ0v) is 25.0. The Morgan fingerprint density at radius 3 is 1.72 bits per heavy atom. The number of carbonyl (C=O) groups is 3. The van der Waals surface area contributed by atoms with E-state index in [4.69, 9.17) is 34.4 Å². The quantitative estimate of drug-likeness (QED) is 0.378. The van der Waals surface area contributed by atoms with Gasteiger partial charge in [-0.05, 0) is 44.0 Å². The molecule has 2 fully saturated rings. The van der Waals surface area contributed by atoms with Crippen LogP contribution in [-0.2, 0) is 39.3 Å². The Hall–Kier alpha value is -3.98. The number of ether oxygens (including phenoxy) is 1. The number of aliphatic carboxylic acids is 3. The smallest absolute Gasteiger partial charge is 0.475 e. The van der Waals surface area contributed by atoms with Crippen molar-refractivity contribution in [3.63, 3.8) is 0 Å². The summed E-state index contributed by atoms with van der Waals surface area (Å²) in [5, 5.41) is 25.7. The van der Waals surface area contributed by atoms with Gasteiger partial charge in [-0.15, -0.1) is 0 Å². The minimum atomic E-state index is -5.08. The molecule has 266 valence electrons. The summed E-state index contributed by atoms with van der Waals surface area (Å²) in [5.41, 5.74) is 4.16. The summed E-state index contributed by atoms with van der Waals surface area (Å²) in [6.45, 7) is 8.12. The van der Waals surface area contributed by atoms with Crippen LogP contribution in [0.4, 0.5) is 39.5 Å². The summed E-state index contributed by atoms with van der Waals surface area (Å²) in [7, 11) is 4.28. The Labute approximate surface area is 261 Å². The first kappa shape index (κ1) is 41.0. The molecule has 0 aromatic carbocycles. The largest absolute Gasteiger partial charge is 0.490 e. The summed E-state index contributed by atoms with van der Waals surface area (Å²) in [6, 6.07) is 4.04. The molecule has 0 saturated carbocycles. The van der Waals surface area contributed by atoms with Crippen molar-refractivity contribution in [1.29, 1.82) is 0 Å². The number of carboxylic acid groups (broad SMARTS) is 3. The van der Waals surface area contributed by atoms with Crippen LogP contribution in [0.2, 0.25) is 0 Å². The second-order valence-electron chi connectivity index (χ2n) is 10.5. The van der Waals surface area contributed by atoms with Crippen LogP contribution in [0.5, 0.6) is 0 Å². The number of likely N-dealkylation sites (N-methyl/N-ethyl adjacent to an activating group) is 1. The monoisotopic (exact) mass is 697 g/mol. The molecule has 4 heterocycles. The second-order valence-corrected chi connectivity index (χ2v) is 10.5. The predicted octanol–water partition coefficient (Wildman–Crippen LogP) is 3.75. The summed E-state index contributed by atoms with van der Waals surface area (Å²) in [4.78, 5) is 35.8. The highest BCUT2D eigenvalue weighted by Crippen LogP contribution is 2.40. The minimum absolute atomic E-state index is 0.348. The maximum absolute atomic E-state index is 10.6. The molecule has 21 heteroatoms. The average molecular weight is 698 g/mol. The highest BCUT2D eigenvalue weighted by atomic mass is 19.4. The lowest BCUT2D eigenvalue weighted by atomic mass is 9.84. The fraction of sp³-hybridized carbons (Fsp3) is 0.577. The number of halogens is 9. The van der Waals surface area contributed by atoms with Gasteiger partial charge in [0, 0.05) is 62.4 Å². The number of nitrogens with zero attached hydrogens (tertiary/aromatic N) is 5. The van der Waals surface area contributed by atoms with Gasteiger partial charge in [-0.3, -0.25) is 19.5 Å². The summed E-state index contributed by atoms with van der Waals surface area (Å²) >= 11 is 0. The molecule has 2 saturated heterocycles. The summed E-state index contributed by atoms with van der Waals surface area (Å²) < 4.78 is 103. The van der Waals surface area contributed by atoms with Crippen LogP contribution in [0.25, 0.3) is 0 Å². The molecule has 2 aliphatic rings. The van der Waals surface area contributed by atoms with Crippen molar-refractivity contribution < 1.29 is 74.0 Å². The van der Waals surface area contributed by atoms with E-state index in [1.165, 1.54) is 23.2 Å². The van der Waals surface area contributed by atoms with Gasteiger partial charge in [0.05, 0.1) is 19.4 Å². The Morgan fingerprint density at radius 2 is 1.34 bits per heavy atom. The topological polar surface area (TPSA) is 158 Å². The van der Waals surface area contributed by atoms with Gasteiger partial charge in [-0.2, -0.15) is 44.6 Å². The van der Waals surface area contributed by atoms with Crippen LogP contribution in [0.3, 0.4) is 0 Å². The van der Waals surface area contributed by atoms with Crippen LogP contribution in [0.15, 0.2) is 30.7 Å². The number of likely N-dealkylation sites (tertiary alicyclic amines) is 2. The van der Waals surface area contributed by atoms with E-state index in [1.54, 1.807) is 0 Å². The molecule has 0 amide bonds. The first-order valence-corrected chi connectivity index (χ1v) is 13.2. The highest BCUT2D eigenvalue weighted by Gasteiger charge is 2.51. The van der Waals surface area contributed by atoms with Gasteiger partial charge in [0.2, 0.25) is 0 Å². The Bertz CT molecular complexity index is 1260. The number of aryl methyl sites for hydroxylation is 1. The minimum Gasteiger partial charge on any atom is -0.475 e. The second kappa shape index (κ2) is 16.7. The molecule has 2 aliphatic heterocycles. The van der Waals surface area contributed by atoms with Gasteiger partial charge >= 0.3 is 36.4 Å². The lowest BCUT2D eigenvalue weighted by Gasteiger charge is -2.52. The normalized spacial score (nSPS) is 17.7. The van der Waals surface area contributed by atoms with Crippen LogP contribution in [0, 0.1) is 12.8 Å². The van der Waals surface area contributed by atoms with Crippen molar-refractivity contribution >= 4 is 17.9 Å². The van der Waals surface area contributed by atoms with Gasteiger partial charge in [0.1, 0.15) is 0 Å². The zero-order valence-electron chi connectivity index (χ0n) is 25.0. The van der Waals surface area contributed by atoms with E-state index in [2.05, 4.69) is 33.9 Å². The molecular formula is C26H32F9N5O7. The molecule has 12 nitrogen and oxygen atoms in total. The fourth-order valence-electron chi connectivity index (χ4n) is 4.48. The van der Waals surface area contributed by atoms with E-state index in [1.807, 2.05) is 42.5 Å². The van der Waals surface area contributed by atoms with Crippen molar-refractivity contribution in [1.82, 2.24) is 24.6 Å². The third-order valence-corrected chi connectivity index (χ3v) is 6.88. The molecular weight excluding hydrogens is 665 g/mol. The maximum atomic E-state index is 10.6. The van der Waals surface area contributed by atoms with Crippen molar-refractivity contribution in [3.05, 3.63) is 47.5 Å². The number of hydrogen-bond acceptors (Lipinski definition) is 8. The molecule has 1 atom stereocenters. The lowest BCUT2D eigenvalue weighted by molar-refractivity contribution is -0.193. The number of hydrogen-bond donors (Lipinski definition) is 3. The Morgan fingerprint density at radius 1 is 0.894 bits per heavy atom. The number of rotatable bonds is 6. The highest BCUT2D eigenvalue weighted by molar-refractivity contribution is 5.73. The number of aromatic nitrogens is 3. The van der Waals surface area contributed by atoms with Crippen LogP contribution >= 0.6 is 0 Å². The van der Waals surface area contributed by atoms with Crippen LogP contribution < -0.4 is 0 Å². The van der Waals surface area contributed by atoms with E-state index in [-0.39, 0.29) is 0 Å².